The summed E-state index contributed by atoms with van der Waals surface area (Å²) in [4.78, 5) is 13.9. The van der Waals surface area contributed by atoms with Crippen molar-refractivity contribution >= 4 is 11.6 Å². The Bertz CT molecular complexity index is 534. The lowest BCUT2D eigenvalue weighted by molar-refractivity contribution is -0.118. The fourth-order valence-electron chi connectivity index (χ4n) is 2.18. The first-order chi connectivity index (χ1) is 8.34. The third-order valence-electron chi connectivity index (χ3n) is 3.00. The maximum Gasteiger partial charge on any atom is 0.234 e. The van der Waals surface area contributed by atoms with E-state index in [0.29, 0.717) is 5.76 Å². The van der Waals surface area contributed by atoms with E-state index in [1.807, 2.05) is 23.1 Å². The molecular formula is C13H12N2O2. The third-order valence-corrected chi connectivity index (χ3v) is 3.00. The third kappa shape index (κ3) is 1.82. The zero-order chi connectivity index (χ0) is 11.7. The molecule has 0 saturated heterocycles. The second-order valence-electron chi connectivity index (χ2n) is 4.08. The van der Waals surface area contributed by atoms with E-state index in [1.54, 1.807) is 12.3 Å². The first-order valence-corrected chi connectivity index (χ1v) is 5.62. The molecule has 1 aliphatic heterocycles. The molecule has 0 spiro atoms. The van der Waals surface area contributed by atoms with Crippen molar-refractivity contribution in [3.05, 3.63) is 47.9 Å². The van der Waals surface area contributed by atoms with Gasteiger partial charge in [-0.2, -0.15) is 0 Å². The molecule has 2 heterocycles. The number of hydrogen-bond donors (Lipinski definition) is 0. The molecule has 3 rings (SSSR count). The van der Waals surface area contributed by atoms with Crippen LogP contribution in [0.15, 0.2) is 41.1 Å². The predicted molar refractivity (Wildman–Crippen MR) is 62.7 cm³/mol. The number of fused-ring (bicyclic) bond motifs is 1. The van der Waals surface area contributed by atoms with Gasteiger partial charge in [0.05, 0.1) is 12.6 Å². The van der Waals surface area contributed by atoms with Gasteiger partial charge in [-0.05, 0) is 18.1 Å². The van der Waals surface area contributed by atoms with Gasteiger partial charge in [0.2, 0.25) is 5.91 Å². The van der Waals surface area contributed by atoms with Crippen molar-refractivity contribution in [1.29, 1.82) is 0 Å². The van der Waals surface area contributed by atoms with Crippen LogP contribution in [0.2, 0.25) is 0 Å². The van der Waals surface area contributed by atoms with Gasteiger partial charge < -0.3 is 9.42 Å². The number of nitrogens with zero attached hydrogens (tertiary/aromatic N) is 2. The molecule has 0 radical (unpaired) electrons. The highest BCUT2D eigenvalue weighted by Crippen LogP contribution is 2.27. The van der Waals surface area contributed by atoms with Gasteiger partial charge in [-0.25, -0.2) is 0 Å². The summed E-state index contributed by atoms with van der Waals surface area (Å²) in [5.41, 5.74) is 2.26. The van der Waals surface area contributed by atoms with Crippen LogP contribution in [0, 0.1) is 0 Å². The summed E-state index contributed by atoms with van der Waals surface area (Å²) < 4.78 is 4.95. The van der Waals surface area contributed by atoms with Crippen LogP contribution >= 0.6 is 0 Å². The van der Waals surface area contributed by atoms with Crippen LogP contribution in [-0.4, -0.2) is 17.6 Å². The highest BCUT2D eigenvalue weighted by atomic mass is 16.5. The monoisotopic (exact) mass is 228 g/mol. The van der Waals surface area contributed by atoms with E-state index >= 15 is 0 Å². The first kappa shape index (κ1) is 10.1. The molecule has 0 atom stereocenters. The number of carbonyl (C=O) groups is 1. The summed E-state index contributed by atoms with van der Waals surface area (Å²) in [6, 6.07) is 9.74. The molecule has 2 aromatic rings. The normalized spacial score (nSPS) is 13.8. The Balaban J connectivity index is 1.80. The molecule has 1 aliphatic rings. The molecule has 0 saturated carbocycles. The number of amides is 1. The van der Waals surface area contributed by atoms with Gasteiger partial charge in [-0.15, -0.1) is 0 Å². The van der Waals surface area contributed by atoms with E-state index in [1.165, 1.54) is 5.56 Å². The molecule has 0 unspecified atom stereocenters. The summed E-state index contributed by atoms with van der Waals surface area (Å²) in [5.74, 6) is 0.672. The van der Waals surface area contributed by atoms with Gasteiger partial charge in [0, 0.05) is 18.3 Å². The summed E-state index contributed by atoms with van der Waals surface area (Å²) in [6.45, 7) is 0.756. The van der Waals surface area contributed by atoms with Crippen LogP contribution in [0.1, 0.15) is 11.3 Å². The Morgan fingerprint density at radius 3 is 3.06 bits per heavy atom. The van der Waals surface area contributed by atoms with Crippen molar-refractivity contribution in [3.8, 4) is 0 Å². The molecular weight excluding hydrogens is 216 g/mol. The second kappa shape index (κ2) is 4.05. The van der Waals surface area contributed by atoms with Gasteiger partial charge in [-0.3, -0.25) is 4.79 Å². The molecule has 0 N–H and O–H groups in total. The topological polar surface area (TPSA) is 46.3 Å². The Hall–Kier alpha value is -2.10. The average Bonchev–Trinajstić information content (AvgIpc) is 2.96. The lowest BCUT2D eigenvalue weighted by atomic mass is 10.2. The fraction of sp³-hybridized carbons (Fsp3) is 0.231. The Morgan fingerprint density at radius 1 is 1.35 bits per heavy atom. The van der Waals surface area contributed by atoms with E-state index in [4.69, 9.17) is 4.52 Å². The zero-order valence-corrected chi connectivity index (χ0v) is 9.30. The molecule has 86 valence electrons. The number of rotatable bonds is 2. The molecule has 1 aromatic carbocycles. The summed E-state index contributed by atoms with van der Waals surface area (Å²) >= 11 is 0. The number of anilines is 1. The van der Waals surface area contributed by atoms with Gasteiger partial charge >= 0.3 is 0 Å². The van der Waals surface area contributed by atoms with Gasteiger partial charge in [0.25, 0.3) is 0 Å². The second-order valence-corrected chi connectivity index (χ2v) is 4.08. The first-order valence-electron chi connectivity index (χ1n) is 5.62. The van der Waals surface area contributed by atoms with Crippen LogP contribution in [0.25, 0.3) is 0 Å². The number of aromatic nitrogens is 1. The molecule has 4 heteroatoms. The maximum absolute atomic E-state index is 12.1. The summed E-state index contributed by atoms with van der Waals surface area (Å²) in [5, 5.41) is 3.60. The molecule has 0 bridgehead atoms. The molecule has 1 amide bonds. The fourth-order valence-corrected chi connectivity index (χ4v) is 2.18. The van der Waals surface area contributed by atoms with Crippen molar-refractivity contribution in [2.24, 2.45) is 0 Å². The van der Waals surface area contributed by atoms with Crippen LogP contribution in [0.4, 0.5) is 5.69 Å². The van der Waals surface area contributed by atoms with E-state index in [2.05, 4.69) is 11.2 Å². The van der Waals surface area contributed by atoms with Crippen LogP contribution in [0.3, 0.4) is 0 Å². The number of benzene rings is 1. The van der Waals surface area contributed by atoms with Crippen molar-refractivity contribution < 1.29 is 9.32 Å². The Morgan fingerprint density at radius 2 is 2.24 bits per heavy atom. The zero-order valence-electron chi connectivity index (χ0n) is 9.30. The molecule has 0 fully saturated rings. The molecule has 17 heavy (non-hydrogen) atoms. The van der Waals surface area contributed by atoms with Crippen LogP contribution < -0.4 is 4.90 Å². The standard InChI is InChI=1S/C13H12N2O2/c16-13(9-11-5-7-14-17-11)15-8-6-10-3-1-2-4-12(10)15/h1-5,7H,6,8-9H2. The number of carbonyl (C=O) groups excluding carboxylic acids is 1. The number of para-hydroxylation sites is 1. The molecule has 4 nitrogen and oxygen atoms in total. The summed E-state index contributed by atoms with van der Waals surface area (Å²) in [6.07, 6.45) is 2.76. The summed E-state index contributed by atoms with van der Waals surface area (Å²) in [7, 11) is 0. The van der Waals surface area contributed by atoms with Gasteiger partial charge in [0.1, 0.15) is 5.76 Å². The van der Waals surface area contributed by atoms with E-state index in [-0.39, 0.29) is 12.3 Å². The van der Waals surface area contributed by atoms with E-state index in [0.717, 1.165) is 18.7 Å². The largest absolute Gasteiger partial charge is 0.361 e. The average molecular weight is 228 g/mol. The number of hydrogen-bond acceptors (Lipinski definition) is 3. The molecule has 0 aliphatic carbocycles. The van der Waals surface area contributed by atoms with Crippen molar-refractivity contribution in [3.63, 3.8) is 0 Å². The quantitative estimate of drug-likeness (QED) is 0.787. The van der Waals surface area contributed by atoms with Crippen molar-refractivity contribution in [2.45, 2.75) is 12.8 Å². The minimum absolute atomic E-state index is 0.0618. The maximum atomic E-state index is 12.1. The van der Waals surface area contributed by atoms with Crippen molar-refractivity contribution in [1.82, 2.24) is 5.16 Å². The SMILES string of the molecule is O=C(Cc1ccno1)N1CCc2ccccc21. The predicted octanol–water partition coefficient (Wildman–Crippen LogP) is 1.81. The Labute approximate surface area is 98.8 Å². The van der Waals surface area contributed by atoms with E-state index in [9.17, 15) is 4.79 Å². The smallest absolute Gasteiger partial charge is 0.234 e. The van der Waals surface area contributed by atoms with Crippen molar-refractivity contribution in [2.75, 3.05) is 11.4 Å². The van der Waals surface area contributed by atoms with Crippen LogP contribution in [0.5, 0.6) is 0 Å². The minimum atomic E-state index is 0.0618. The molecule has 1 aromatic heterocycles. The lowest BCUT2D eigenvalue weighted by Gasteiger charge is -2.16. The van der Waals surface area contributed by atoms with Crippen LogP contribution in [-0.2, 0) is 17.6 Å². The lowest BCUT2D eigenvalue weighted by Crippen LogP contribution is -2.30. The highest BCUT2D eigenvalue weighted by Gasteiger charge is 2.24. The Kier molecular flexibility index (Phi) is 2.40. The minimum Gasteiger partial charge on any atom is -0.361 e. The van der Waals surface area contributed by atoms with Gasteiger partial charge in [-0.1, -0.05) is 23.4 Å². The van der Waals surface area contributed by atoms with E-state index < -0.39 is 0 Å². The van der Waals surface area contributed by atoms with Gasteiger partial charge in [0.15, 0.2) is 0 Å². The highest BCUT2D eigenvalue weighted by molar-refractivity contribution is 5.96.